The second-order valence-corrected chi connectivity index (χ2v) is 6.53. The molecule has 2 rings (SSSR count). The van der Waals surface area contributed by atoms with Gasteiger partial charge in [0.2, 0.25) is 10.0 Å². The first-order valence-electron chi connectivity index (χ1n) is 6.02. The fraction of sp³-hybridized carbons (Fsp3) is 0.143. The molecule has 0 aromatic heterocycles. The van der Waals surface area contributed by atoms with E-state index >= 15 is 0 Å². The zero-order valence-electron chi connectivity index (χ0n) is 10.9. The van der Waals surface area contributed by atoms with Crippen LogP contribution in [0.3, 0.4) is 0 Å². The Morgan fingerprint density at radius 2 is 1.70 bits per heavy atom. The Balaban J connectivity index is 2.24. The summed E-state index contributed by atoms with van der Waals surface area (Å²) in [7, 11) is -3.66. The Hall–Kier alpha value is -1.56. The SMILES string of the molecule is CC(NS(=O)(=O)c1ccccc1Cl)c1ccc(N)cc1. The summed E-state index contributed by atoms with van der Waals surface area (Å²) in [5.74, 6) is 0. The predicted octanol–water partition coefficient (Wildman–Crippen LogP) is 2.96. The molecule has 0 heterocycles. The van der Waals surface area contributed by atoms with Crippen LogP contribution in [0.5, 0.6) is 0 Å². The number of sulfonamides is 1. The molecule has 1 unspecified atom stereocenters. The van der Waals surface area contributed by atoms with E-state index in [2.05, 4.69) is 4.72 Å². The molecule has 4 nitrogen and oxygen atoms in total. The van der Waals surface area contributed by atoms with Crippen LogP contribution in [0.2, 0.25) is 5.02 Å². The highest BCUT2D eigenvalue weighted by molar-refractivity contribution is 7.89. The molecule has 106 valence electrons. The lowest BCUT2D eigenvalue weighted by Gasteiger charge is -2.15. The molecule has 0 saturated carbocycles. The lowest BCUT2D eigenvalue weighted by atomic mass is 10.1. The molecule has 0 spiro atoms. The van der Waals surface area contributed by atoms with Gasteiger partial charge in [0.15, 0.2) is 0 Å². The number of anilines is 1. The second kappa shape index (κ2) is 5.83. The topological polar surface area (TPSA) is 72.2 Å². The molecular weight excluding hydrogens is 296 g/mol. The van der Waals surface area contributed by atoms with Gasteiger partial charge in [-0.2, -0.15) is 0 Å². The van der Waals surface area contributed by atoms with E-state index in [0.717, 1.165) is 5.56 Å². The molecule has 3 N–H and O–H groups in total. The molecule has 2 aromatic carbocycles. The summed E-state index contributed by atoms with van der Waals surface area (Å²) in [5.41, 5.74) is 7.07. The first-order valence-corrected chi connectivity index (χ1v) is 7.88. The Morgan fingerprint density at radius 3 is 2.30 bits per heavy atom. The van der Waals surface area contributed by atoms with Gasteiger partial charge in [0, 0.05) is 11.7 Å². The lowest BCUT2D eigenvalue weighted by molar-refractivity contribution is 0.567. The third kappa shape index (κ3) is 3.30. The van der Waals surface area contributed by atoms with E-state index in [1.54, 1.807) is 49.4 Å². The van der Waals surface area contributed by atoms with Crippen molar-refractivity contribution < 1.29 is 8.42 Å². The third-order valence-corrected chi connectivity index (χ3v) is 4.94. The Morgan fingerprint density at radius 1 is 1.10 bits per heavy atom. The summed E-state index contributed by atoms with van der Waals surface area (Å²) in [6.07, 6.45) is 0. The van der Waals surface area contributed by atoms with E-state index in [1.165, 1.54) is 6.07 Å². The highest BCUT2D eigenvalue weighted by Crippen LogP contribution is 2.23. The summed E-state index contributed by atoms with van der Waals surface area (Å²) < 4.78 is 27.2. The molecule has 0 aliphatic heterocycles. The summed E-state index contributed by atoms with van der Waals surface area (Å²) >= 11 is 5.92. The van der Waals surface area contributed by atoms with Gasteiger partial charge in [-0.1, -0.05) is 35.9 Å². The summed E-state index contributed by atoms with van der Waals surface area (Å²) in [6.45, 7) is 1.76. The average Bonchev–Trinajstić information content (AvgIpc) is 2.39. The van der Waals surface area contributed by atoms with Crippen LogP contribution >= 0.6 is 11.6 Å². The van der Waals surface area contributed by atoms with E-state index in [-0.39, 0.29) is 16.0 Å². The predicted molar refractivity (Wildman–Crippen MR) is 81.0 cm³/mol. The van der Waals surface area contributed by atoms with E-state index in [9.17, 15) is 8.42 Å². The van der Waals surface area contributed by atoms with Crippen molar-refractivity contribution in [2.45, 2.75) is 17.9 Å². The van der Waals surface area contributed by atoms with E-state index in [1.807, 2.05) is 0 Å². The zero-order valence-corrected chi connectivity index (χ0v) is 12.4. The van der Waals surface area contributed by atoms with Gasteiger partial charge in [0.1, 0.15) is 4.90 Å². The van der Waals surface area contributed by atoms with Crippen LogP contribution in [0.25, 0.3) is 0 Å². The standard InChI is InChI=1S/C14H15ClN2O2S/c1-10(11-6-8-12(16)9-7-11)17-20(18,19)14-5-3-2-4-13(14)15/h2-10,17H,16H2,1H3. The van der Waals surface area contributed by atoms with Gasteiger partial charge in [-0.3, -0.25) is 0 Å². The minimum atomic E-state index is -3.66. The highest BCUT2D eigenvalue weighted by atomic mass is 35.5. The quantitative estimate of drug-likeness (QED) is 0.853. The van der Waals surface area contributed by atoms with Gasteiger partial charge in [0.25, 0.3) is 0 Å². The van der Waals surface area contributed by atoms with E-state index < -0.39 is 10.0 Å². The Kier molecular flexibility index (Phi) is 4.32. The van der Waals surface area contributed by atoms with Gasteiger partial charge < -0.3 is 5.73 Å². The number of nitrogen functional groups attached to an aromatic ring is 1. The normalized spacial score (nSPS) is 13.1. The molecule has 0 aliphatic carbocycles. The number of nitrogens with two attached hydrogens (primary N) is 1. The molecule has 0 saturated heterocycles. The van der Waals surface area contributed by atoms with Crippen molar-refractivity contribution in [3.63, 3.8) is 0 Å². The van der Waals surface area contributed by atoms with Crippen molar-refractivity contribution in [1.29, 1.82) is 0 Å². The number of halogens is 1. The second-order valence-electron chi connectivity index (χ2n) is 4.44. The van der Waals surface area contributed by atoms with Crippen molar-refractivity contribution in [2.24, 2.45) is 0 Å². The maximum absolute atomic E-state index is 12.3. The third-order valence-electron chi connectivity index (χ3n) is 2.89. The molecule has 6 heteroatoms. The molecular formula is C14H15ClN2O2S. The largest absolute Gasteiger partial charge is 0.399 e. The molecule has 0 fully saturated rings. The van der Waals surface area contributed by atoms with Crippen LogP contribution in [-0.4, -0.2) is 8.42 Å². The van der Waals surface area contributed by atoms with Crippen molar-refractivity contribution in [3.05, 3.63) is 59.1 Å². The molecule has 0 aliphatic rings. The molecule has 20 heavy (non-hydrogen) atoms. The minimum Gasteiger partial charge on any atom is -0.399 e. The Labute approximate surface area is 123 Å². The first kappa shape index (κ1) is 14.8. The number of nitrogens with one attached hydrogen (secondary N) is 1. The monoisotopic (exact) mass is 310 g/mol. The van der Waals surface area contributed by atoms with Crippen LogP contribution in [0.1, 0.15) is 18.5 Å². The molecule has 0 radical (unpaired) electrons. The first-order chi connectivity index (χ1) is 9.40. The van der Waals surface area contributed by atoms with Gasteiger partial charge in [-0.15, -0.1) is 0 Å². The van der Waals surface area contributed by atoms with Crippen molar-refractivity contribution in [1.82, 2.24) is 4.72 Å². The summed E-state index contributed by atoms with van der Waals surface area (Å²) in [6, 6.07) is 13.0. The summed E-state index contributed by atoms with van der Waals surface area (Å²) in [5, 5.41) is 0.199. The minimum absolute atomic E-state index is 0.0731. The molecule has 0 bridgehead atoms. The van der Waals surface area contributed by atoms with E-state index in [0.29, 0.717) is 5.69 Å². The smallest absolute Gasteiger partial charge is 0.242 e. The maximum Gasteiger partial charge on any atom is 0.242 e. The van der Waals surface area contributed by atoms with Crippen LogP contribution in [0.15, 0.2) is 53.4 Å². The van der Waals surface area contributed by atoms with Gasteiger partial charge in [0.05, 0.1) is 5.02 Å². The number of rotatable bonds is 4. The average molecular weight is 311 g/mol. The number of hydrogen-bond donors (Lipinski definition) is 2. The van der Waals surface area contributed by atoms with Crippen LogP contribution in [-0.2, 0) is 10.0 Å². The van der Waals surface area contributed by atoms with Gasteiger partial charge in [-0.05, 0) is 36.8 Å². The maximum atomic E-state index is 12.3. The van der Waals surface area contributed by atoms with Crippen LogP contribution in [0, 0.1) is 0 Å². The van der Waals surface area contributed by atoms with Crippen molar-refractivity contribution in [2.75, 3.05) is 5.73 Å². The molecule has 2 aromatic rings. The van der Waals surface area contributed by atoms with E-state index in [4.69, 9.17) is 17.3 Å². The Bertz CT molecular complexity index is 699. The highest BCUT2D eigenvalue weighted by Gasteiger charge is 2.20. The van der Waals surface area contributed by atoms with Gasteiger partial charge >= 0.3 is 0 Å². The fourth-order valence-corrected chi connectivity index (χ4v) is 3.56. The zero-order chi connectivity index (χ0) is 14.8. The molecule has 1 atom stereocenters. The molecule has 0 amide bonds. The lowest BCUT2D eigenvalue weighted by Crippen LogP contribution is -2.27. The van der Waals surface area contributed by atoms with Crippen LogP contribution < -0.4 is 10.5 Å². The van der Waals surface area contributed by atoms with Crippen molar-refractivity contribution >= 4 is 27.3 Å². The van der Waals surface area contributed by atoms with Gasteiger partial charge in [-0.25, -0.2) is 13.1 Å². The number of hydrogen-bond acceptors (Lipinski definition) is 3. The summed E-state index contributed by atoms with van der Waals surface area (Å²) in [4.78, 5) is 0.0731. The van der Waals surface area contributed by atoms with Crippen LogP contribution in [0.4, 0.5) is 5.69 Å². The van der Waals surface area contributed by atoms with Crippen molar-refractivity contribution in [3.8, 4) is 0 Å². The number of benzene rings is 2. The fourth-order valence-electron chi connectivity index (χ4n) is 1.81.